The summed E-state index contributed by atoms with van der Waals surface area (Å²) in [6.07, 6.45) is 7.82. The third kappa shape index (κ3) is 3.89. The van der Waals surface area contributed by atoms with E-state index < -0.39 is 5.41 Å². The van der Waals surface area contributed by atoms with Gasteiger partial charge in [0, 0.05) is 38.9 Å². The third-order valence-corrected chi connectivity index (χ3v) is 7.19. The molecular formula is C31H32N4. The highest BCUT2D eigenvalue weighted by molar-refractivity contribution is 5.56. The number of benzene rings is 3. The molecule has 0 amide bonds. The van der Waals surface area contributed by atoms with E-state index in [0.717, 1.165) is 11.6 Å². The topological polar surface area (TPSA) is 35.6 Å². The second kappa shape index (κ2) is 9.03. The van der Waals surface area contributed by atoms with Gasteiger partial charge in [0.15, 0.2) is 0 Å². The fraction of sp³-hybridized carbons (Fsp3) is 0.226. The molecule has 0 N–H and O–H groups in total. The van der Waals surface area contributed by atoms with Gasteiger partial charge < -0.3 is 9.13 Å². The molecule has 176 valence electrons. The molecule has 5 aromatic rings. The number of hydrogen-bond donors (Lipinski definition) is 0. The van der Waals surface area contributed by atoms with Crippen molar-refractivity contribution in [1.82, 2.24) is 19.1 Å². The van der Waals surface area contributed by atoms with Gasteiger partial charge in [-0.15, -0.1) is 0 Å². The summed E-state index contributed by atoms with van der Waals surface area (Å²) in [6, 6.07) is 26.9. The second-order valence-electron chi connectivity index (χ2n) is 9.63. The number of nitrogens with zero attached hydrogens (tertiary/aromatic N) is 4. The van der Waals surface area contributed by atoms with Crippen LogP contribution in [0.2, 0.25) is 0 Å². The van der Waals surface area contributed by atoms with E-state index in [1.807, 2.05) is 24.8 Å². The molecule has 4 nitrogen and oxygen atoms in total. The molecule has 2 aromatic heterocycles. The summed E-state index contributed by atoms with van der Waals surface area (Å²) < 4.78 is 4.26. The maximum absolute atomic E-state index is 4.92. The summed E-state index contributed by atoms with van der Waals surface area (Å²) in [6.45, 7) is 6.41. The summed E-state index contributed by atoms with van der Waals surface area (Å²) in [5, 5.41) is 0. The zero-order chi connectivity index (χ0) is 24.6. The molecule has 35 heavy (non-hydrogen) atoms. The molecule has 0 saturated heterocycles. The first-order valence-electron chi connectivity index (χ1n) is 12.1. The van der Waals surface area contributed by atoms with Crippen molar-refractivity contribution < 1.29 is 0 Å². The lowest BCUT2D eigenvalue weighted by molar-refractivity contribution is 0.472. The molecule has 0 aliphatic rings. The first kappa shape index (κ1) is 22.9. The van der Waals surface area contributed by atoms with Gasteiger partial charge in [-0.05, 0) is 37.5 Å². The van der Waals surface area contributed by atoms with Crippen molar-refractivity contribution in [2.75, 3.05) is 0 Å². The van der Waals surface area contributed by atoms with Crippen molar-refractivity contribution >= 4 is 0 Å². The Morgan fingerprint density at radius 3 is 1.11 bits per heavy atom. The highest BCUT2D eigenvalue weighted by Crippen LogP contribution is 2.52. The van der Waals surface area contributed by atoms with Crippen LogP contribution >= 0.6 is 0 Å². The van der Waals surface area contributed by atoms with Crippen LogP contribution < -0.4 is 0 Å². The predicted octanol–water partition coefficient (Wildman–Crippen LogP) is 6.25. The molecular weight excluding hydrogens is 428 g/mol. The van der Waals surface area contributed by atoms with Crippen molar-refractivity contribution in [2.45, 2.75) is 32.1 Å². The molecule has 0 bridgehead atoms. The molecule has 3 aromatic carbocycles. The molecule has 0 fully saturated rings. The molecule has 2 heterocycles. The zero-order valence-corrected chi connectivity index (χ0v) is 21.1. The largest absolute Gasteiger partial charge is 0.337 e. The molecule has 4 heteroatoms. The molecule has 0 aliphatic heterocycles. The van der Waals surface area contributed by atoms with Crippen molar-refractivity contribution in [3.63, 3.8) is 0 Å². The smallest absolute Gasteiger partial charge is 0.120 e. The lowest BCUT2D eigenvalue weighted by Crippen LogP contribution is -2.39. The lowest BCUT2D eigenvalue weighted by Gasteiger charge is -2.42. The van der Waals surface area contributed by atoms with Crippen LogP contribution in [0.25, 0.3) is 0 Å². The van der Waals surface area contributed by atoms with Crippen LogP contribution in [0.3, 0.4) is 0 Å². The average Bonchev–Trinajstić information content (AvgIpc) is 3.47. The van der Waals surface area contributed by atoms with Crippen LogP contribution in [0.5, 0.6) is 0 Å². The number of imidazole rings is 2. The van der Waals surface area contributed by atoms with E-state index in [1.54, 1.807) is 0 Å². The number of aryl methyl sites for hydroxylation is 5. The summed E-state index contributed by atoms with van der Waals surface area (Å²) >= 11 is 0. The third-order valence-electron chi connectivity index (χ3n) is 7.19. The molecule has 0 radical (unpaired) electrons. The van der Waals surface area contributed by atoms with E-state index in [-0.39, 0.29) is 5.92 Å². The second-order valence-corrected chi connectivity index (χ2v) is 9.63. The van der Waals surface area contributed by atoms with Crippen LogP contribution in [-0.4, -0.2) is 19.1 Å². The van der Waals surface area contributed by atoms with Gasteiger partial charge in [0.2, 0.25) is 0 Å². The van der Waals surface area contributed by atoms with E-state index in [4.69, 9.17) is 9.97 Å². The average molecular weight is 461 g/mol. The quantitative estimate of drug-likeness (QED) is 0.281. The standard InChI is InChI=1S/C31H32N4/c1-22-6-12-25(13-7-22)31(26-14-8-23(2)9-15-26,27-16-10-24(3)11-17-27)28(29-32-18-20-34(29)4)30-33-19-21-35(30)5/h6-21,28H,1-5H3. The highest BCUT2D eigenvalue weighted by atomic mass is 15.1. The van der Waals surface area contributed by atoms with Gasteiger partial charge in [-0.3, -0.25) is 0 Å². The Kier molecular flexibility index (Phi) is 5.89. The monoisotopic (exact) mass is 460 g/mol. The fourth-order valence-electron chi connectivity index (χ4n) is 5.26. The van der Waals surface area contributed by atoms with Crippen LogP contribution in [0.15, 0.2) is 97.6 Å². The van der Waals surface area contributed by atoms with Crippen LogP contribution in [0.4, 0.5) is 0 Å². The number of hydrogen-bond acceptors (Lipinski definition) is 2. The number of aromatic nitrogens is 4. The minimum absolute atomic E-state index is 0.171. The van der Waals surface area contributed by atoms with Crippen molar-refractivity contribution in [3.8, 4) is 0 Å². The maximum atomic E-state index is 4.92. The molecule has 0 spiro atoms. The summed E-state index contributed by atoms with van der Waals surface area (Å²) in [4.78, 5) is 9.84. The van der Waals surface area contributed by atoms with Crippen LogP contribution in [0, 0.1) is 20.8 Å². The van der Waals surface area contributed by atoms with Gasteiger partial charge in [0.1, 0.15) is 11.6 Å². The fourth-order valence-corrected chi connectivity index (χ4v) is 5.26. The Morgan fingerprint density at radius 2 is 0.857 bits per heavy atom. The van der Waals surface area contributed by atoms with E-state index in [1.165, 1.54) is 33.4 Å². The van der Waals surface area contributed by atoms with E-state index in [9.17, 15) is 0 Å². The van der Waals surface area contributed by atoms with E-state index in [0.29, 0.717) is 0 Å². The summed E-state index contributed by atoms with van der Waals surface area (Å²) in [5.74, 6) is 1.78. The summed E-state index contributed by atoms with van der Waals surface area (Å²) in [5.41, 5.74) is 6.79. The van der Waals surface area contributed by atoms with Crippen molar-refractivity contribution in [3.05, 3.63) is 143 Å². The van der Waals surface area contributed by atoms with Gasteiger partial charge in [0.05, 0.1) is 11.3 Å². The molecule has 0 aliphatic carbocycles. The Labute approximate surface area is 207 Å². The van der Waals surface area contributed by atoms with Gasteiger partial charge in [-0.1, -0.05) is 89.5 Å². The molecule has 0 unspecified atom stereocenters. The zero-order valence-electron chi connectivity index (χ0n) is 21.1. The minimum Gasteiger partial charge on any atom is -0.337 e. The SMILES string of the molecule is Cc1ccc(C(c2ccc(C)cc2)(c2ccc(C)cc2)C(c2nccn2C)c2nccn2C)cc1. The molecule has 0 atom stereocenters. The Hall–Kier alpha value is -3.92. The Morgan fingerprint density at radius 1 is 0.543 bits per heavy atom. The summed E-state index contributed by atoms with van der Waals surface area (Å²) in [7, 11) is 4.14. The maximum Gasteiger partial charge on any atom is 0.120 e. The normalized spacial score (nSPS) is 11.8. The highest BCUT2D eigenvalue weighted by Gasteiger charge is 2.48. The van der Waals surface area contributed by atoms with Crippen LogP contribution in [0.1, 0.15) is 50.9 Å². The van der Waals surface area contributed by atoms with Gasteiger partial charge in [0.25, 0.3) is 0 Å². The lowest BCUT2D eigenvalue weighted by atomic mass is 9.60. The molecule has 5 rings (SSSR count). The number of rotatable bonds is 6. The van der Waals surface area contributed by atoms with Crippen molar-refractivity contribution in [2.24, 2.45) is 14.1 Å². The Balaban J connectivity index is 1.97. The van der Waals surface area contributed by atoms with Gasteiger partial charge in [-0.2, -0.15) is 0 Å². The van der Waals surface area contributed by atoms with Gasteiger partial charge >= 0.3 is 0 Å². The Bertz CT molecular complexity index is 1270. The van der Waals surface area contributed by atoms with E-state index in [2.05, 4.69) is 117 Å². The predicted molar refractivity (Wildman–Crippen MR) is 142 cm³/mol. The van der Waals surface area contributed by atoms with Crippen molar-refractivity contribution in [1.29, 1.82) is 0 Å². The minimum atomic E-state index is -0.562. The van der Waals surface area contributed by atoms with E-state index >= 15 is 0 Å². The van der Waals surface area contributed by atoms with Gasteiger partial charge in [-0.25, -0.2) is 9.97 Å². The molecule has 0 saturated carbocycles. The van der Waals surface area contributed by atoms with Crippen LogP contribution in [-0.2, 0) is 19.5 Å². The first-order valence-corrected chi connectivity index (χ1v) is 12.1. The first-order chi connectivity index (χ1) is 16.9.